The van der Waals surface area contributed by atoms with Crippen LogP contribution in [0.25, 0.3) is 0 Å². The van der Waals surface area contributed by atoms with E-state index in [1.54, 1.807) is 0 Å². The van der Waals surface area contributed by atoms with E-state index in [1.807, 2.05) is 25.1 Å². The Balaban J connectivity index is 2.22. The highest BCUT2D eigenvalue weighted by molar-refractivity contribution is 6.04. The maximum absolute atomic E-state index is 12.0. The number of carbonyl (C=O) groups excluding carboxylic acids is 1. The van der Waals surface area contributed by atoms with Gasteiger partial charge in [-0.3, -0.25) is 4.79 Å². The van der Waals surface area contributed by atoms with Gasteiger partial charge >= 0.3 is 0 Å². The van der Waals surface area contributed by atoms with E-state index in [9.17, 15) is 4.79 Å². The lowest BCUT2D eigenvalue weighted by atomic mass is 10.1. The van der Waals surface area contributed by atoms with Crippen LogP contribution in [0.3, 0.4) is 0 Å². The summed E-state index contributed by atoms with van der Waals surface area (Å²) in [5, 5.41) is 2.83. The molecule has 1 aromatic carbocycles. The van der Waals surface area contributed by atoms with Crippen molar-refractivity contribution in [3.8, 4) is 11.8 Å². The molecule has 0 saturated carbocycles. The van der Waals surface area contributed by atoms with E-state index < -0.39 is 0 Å². The second kappa shape index (κ2) is 6.45. The number of carbonyl (C=O) groups is 1. The quantitative estimate of drug-likeness (QED) is 0.804. The highest BCUT2D eigenvalue weighted by Gasteiger charge is 2.08. The van der Waals surface area contributed by atoms with Crippen molar-refractivity contribution in [3.63, 3.8) is 0 Å². The first-order valence-corrected chi connectivity index (χ1v) is 6.06. The molecular formula is C15H14N4O. The Hall–Kier alpha value is -2.71. The SMILES string of the molecule is Cc1ccc(C#CCN)cc1NC(=O)c1cncnc1. The molecule has 0 saturated heterocycles. The summed E-state index contributed by atoms with van der Waals surface area (Å²) in [5.41, 5.74) is 8.22. The molecule has 0 aliphatic carbocycles. The van der Waals surface area contributed by atoms with Crippen LogP contribution in [-0.2, 0) is 0 Å². The van der Waals surface area contributed by atoms with Gasteiger partial charge in [-0.2, -0.15) is 0 Å². The monoisotopic (exact) mass is 266 g/mol. The molecule has 1 heterocycles. The van der Waals surface area contributed by atoms with Crippen molar-refractivity contribution >= 4 is 11.6 Å². The van der Waals surface area contributed by atoms with E-state index in [2.05, 4.69) is 27.1 Å². The number of rotatable bonds is 2. The fourth-order valence-corrected chi connectivity index (χ4v) is 1.60. The molecule has 1 aromatic heterocycles. The Morgan fingerprint density at radius 2 is 2.10 bits per heavy atom. The number of hydrogen-bond acceptors (Lipinski definition) is 4. The normalized spacial score (nSPS) is 9.50. The van der Waals surface area contributed by atoms with Gasteiger partial charge in [-0.25, -0.2) is 9.97 Å². The van der Waals surface area contributed by atoms with E-state index in [1.165, 1.54) is 18.7 Å². The van der Waals surface area contributed by atoms with Crippen LogP contribution >= 0.6 is 0 Å². The van der Waals surface area contributed by atoms with Crippen molar-refractivity contribution in [3.05, 3.63) is 53.6 Å². The van der Waals surface area contributed by atoms with Crippen LogP contribution in [0.2, 0.25) is 0 Å². The predicted molar refractivity (Wildman–Crippen MR) is 77.1 cm³/mol. The number of aromatic nitrogens is 2. The topological polar surface area (TPSA) is 80.9 Å². The fraction of sp³-hybridized carbons (Fsp3) is 0.133. The Labute approximate surface area is 117 Å². The van der Waals surface area contributed by atoms with Crippen molar-refractivity contribution < 1.29 is 4.79 Å². The second-order valence-corrected chi connectivity index (χ2v) is 4.12. The van der Waals surface area contributed by atoms with Crippen molar-refractivity contribution in [2.24, 2.45) is 5.73 Å². The van der Waals surface area contributed by atoms with Gasteiger partial charge in [-0.15, -0.1) is 0 Å². The molecule has 100 valence electrons. The summed E-state index contributed by atoms with van der Waals surface area (Å²) in [4.78, 5) is 19.7. The molecule has 0 bridgehead atoms. The molecule has 1 amide bonds. The van der Waals surface area contributed by atoms with E-state index >= 15 is 0 Å². The fourth-order valence-electron chi connectivity index (χ4n) is 1.60. The van der Waals surface area contributed by atoms with E-state index in [-0.39, 0.29) is 5.91 Å². The van der Waals surface area contributed by atoms with E-state index in [0.717, 1.165) is 11.1 Å². The molecule has 20 heavy (non-hydrogen) atoms. The zero-order valence-corrected chi connectivity index (χ0v) is 11.1. The molecule has 0 aliphatic rings. The minimum Gasteiger partial charge on any atom is -0.322 e. The van der Waals surface area contributed by atoms with Gasteiger partial charge in [0.1, 0.15) is 6.33 Å². The standard InChI is InChI=1S/C15H14N4O/c1-11-4-5-12(3-2-6-16)7-14(11)19-15(20)13-8-17-10-18-9-13/h4-5,7-10H,6,16H2,1H3,(H,19,20). The summed E-state index contributed by atoms with van der Waals surface area (Å²) in [5.74, 6) is 5.46. The maximum Gasteiger partial charge on any atom is 0.258 e. The summed E-state index contributed by atoms with van der Waals surface area (Å²) in [6, 6.07) is 5.61. The Morgan fingerprint density at radius 1 is 1.35 bits per heavy atom. The van der Waals surface area contributed by atoms with Gasteiger partial charge in [-0.1, -0.05) is 17.9 Å². The number of nitrogens with one attached hydrogen (secondary N) is 1. The number of benzene rings is 1. The summed E-state index contributed by atoms with van der Waals surface area (Å²) in [6.07, 6.45) is 4.32. The molecule has 2 rings (SSSR count). The number of hydrogen-bond donors (Lipinski definition) is 2. The lowest BCUT2D eigenvalue weighted by Gasteiger charge is -2.08. The Kier molecular flexibility index (Phi) is 4.43. The van der Waals surface area contributed by atoms with Gasteiger partial charge in [0.25, 0.3) is 5.91 Å². The Bertz CT molecular complexity index is 671. The lowest BCUT2D eigenvalue weighted by Crippen LogP contribution is -2.13. The highest BCUT2D eigenvalue weighted by Crippen LogP contribution is 2.17. The average molecular weight is 266 g/mol. The third-order valence-corrected chi connectivity index (χ3v) is 2.64. The van der Waals surface area contributed by atoms with Crippen LogP contribution in [0, 0.1) is 18.8 Å². The summed E-state index contributed by atoms with van der Waals surface area (Å²) in [7, 11) is 0. The largest absolute Gasteiger partial charge is 0.322 e. The van der Waals surface area contributed by atoms with E-state index in [0.29, 0.717) is 17.8 Å². The van der Waals surface area contributed by atoms with Gasteiger partial charge in [0.2, 0.25) is 0 Å². The third-order valence-electron chi connectivity index (χ3n) is 2.64. The molecule has 0 aliphatic heterocycles. The van der Waals surface area contributed by atoms with Crippen LogP contribution in [0.1, 0.15) is 21.5 Å². The van der Waals surface area contributed by atoms with E-state index in [4.69, 9.17) is 5.73 Å². The first-order valence-electron chi connectivity index (χ1n) is 6.06. The van der Waals surface area contributed by atoms with Gasteiger partial charge in [0.05, 0.1) is 12.1 Å². The zero-order chi connectivity index (χ0) is 14.4. The smallest absolute Gasteiger partial charge is 0.258 e. The minimum absolute atomic E-state index is 0.252. The number of amides is 1. The number of nitrogens with zero attached hydrogens (tertiary/aromatic N) is 2. The van der Waals surface area contributed by atoms with Crippen LogP contribution < -0.4 is 11.1 Å². The van der Waals surface area contributed by atoms with Crippen LogP contribution in [0.15, 0.2) is 36.9 Å². The van der Waals surface area contributed by atoms with Crippen molar-refractivity contribution in [1.82, 2.24) is 9.97 Å². The minimum atomic E-state index is -0.252. The predicted octanol–water partition coefficient (Wildman–Crippen LogP) is 1.35. The molecule has 0 atom stereocenters. The molecule has 0 spiro atoms. The molecule has 0 unspecified atom stereocenters. The highest BCUT2D eigenvalue weighted by atomic mass is 16.1. The van der Waals surface area contributed by atoms with Gasteiger partial charge in [0.15, 0.2) is 0 Å². The molecule has 5 nitrogen and oxygen atoms in total. The van der Waals surface area contributed by atoms with Crippen LogP contribution in [-0.4, -0.2) is 22.4 Å². The molecular weight excluding hydrogens is 252 g/mol. The van der Waals surface area contributed by atoms with Crippen molar-refractivity contribution in [2.75, 3.05) is 11.9 Å². The first-order chi connectivity index (χ1) is 9.70. The van der Waals surface area contributed by atoms with Gasteiger partial charge < -0.3 is 11.1 Å². The lowest BCUT2D eigenvalue weighted by molar-refractivity contribution is 0.102. The van der Waals surface area contributed by atoms with Crippen LogP contribution in [0.5, 0.6) is 0 Å². The molecule has 0 radical (unpaired) electrons. The summed E-state index contributed by atoms with van der Waals surface area (Å²) in [6.45, 7) is 2.22. The summed E-state index contributed by atoms with van der Waals surface area (Å²) < 4.78 is 0. The van der Waals surface area contributed by atoms with Gasteiger partial charge in [-0.05, 0) is 24.6 Å². The zero-order valence-electron chi connectivity index (χ0n) is 11.1. The number of aryl methyl sites for hydroxylation is 1. The first kappa shape index (κ1) is 13.7. The second-order valence-electron chi connectivity index (χ2n) is 4.12. The molecule has 3 N–H and O–H groups in total. The van der Waals surface area contributed by atoms with Crippen molar-refractivity contribution in [2.45, 2.75) is 6.92 Å². The number of nitrogens with two attached hydrogens (primary N) is 1. The molecule has 2 aromatic rings. The molecule has 5 heteroatoms. The summed E-state index contributed by atoms with van der Waals surface area (Å²) >= 11 is 0. The van der Waals surface area contributed by atoms with Crippen LogP contribution in [0.4, 0.5) is 5.69 Å². The average Bonchev–Trinajstić information content (AvgIpc) is 2.49. The van der Waals surface area contributed by atoms with Gasteiger partial charge in [0, 0.05) is 23.6 Å². The Morgan fingerprint density at radius 3 is 2.80 bits per heavy atom. The third kappa shape index (κ3) is 3.40. The molecule has 0 fully saturated rings. The van der Waals surface area contributed by atoms with Crippen molar-refractivity contribution in [1.29, 1.82) is 0 Å². The maximum atomic E-state index is 12.0. The number of anilines is 1.